The van der Waals surface area contributed by atoms with Crippen molar-refractivity contribution in [1.29, 1.82) is 0 Å². The summed E-state index contributed by atoms with van der Waals surface area (Å²) in [5, 5.41) is 16.1. The van der Waals surface area contributed by atoms with Gasteiger partial charge in [-0.25, -0.2) is 0 Å². The number of nitrogens with one attached hydrogen (secondary N) is 2. The zero-order valence-electron chi connectivity index (χ0n) is 18.0. The first kappa shape index (κ1) is 22.3. The smallest absolute Gasteiger partial charge is 0.251 e. The monoisotopic (exact) mass is 456 g/mol. The van der Waals surface area contributed by atoms with E-state index in [2.05, 4.69) is 10.6 Å². The van der Waals surface area contributed by atoms with Crippen molar-refractivity contribution in [2.45, 2.75) is 45.1 Å². The molecule has 1 saturated heterocycles. The van der Waals surface area contributed by atoms with Gasteiger partial charge in [-0.2, -0.15) is 0 Å². The molecule has 0 saturated carbocycles. The van der Waals surface area contributed by atoms with Crippen LogP contribution >= 0.6 is 11.3 Å². The Bertz CT molecular complexity index is 1040. The third-order valence-electron chi connectivity index (χ3n) is 6.39. The number of rotatable bonds is 6. The molecule has 1 aromatic heterocycles. The molecule has 2 aliphatic rings. The van der Waals surface area contributed by atoms with Gasteiger partial charge in [0.2, 0.25) is 11.8 Å². The normalized spacial score (nSPS) is 17.5. The number of amides is 3. The summed E-state index contributed by atoms with van der Waals surface area (Å²) in [5.74, 6) is -0.933. The Morgan fingerprint density at radius 3 is 2.56 bits per heavy atom. The van der Waals surface area contributed by atoms with E-state index in [0.717, 1.165) is 29.7 Å². The van der Waals surface area contributed by atoms with Gasteiger partial charge in [0.05, 0.1) is 17.3 Å². The van der Waals surface area contributed by atoms with Gasteiger partial charge in [-0.15, -0.1) is 11.3 Å². The Morgan fingerprint density at radius 2 is 1.88 bits per heavy atom. The van der Waals surface area contributed by atoms with Crippen LogP contribution in [0, 0.1) is 5.92 Å². The Hall–Kier alpha value is -2.91. The number of hydrogen-bond acceptors (Lipinski definition) is 6. The quantitative estimate of drug-likeness (QED) is 0.498. The number of hydrogen-bond donors (Lipinski definition) is 4. The number of para-hydroxylation sites is 2. The fraction of sp³-hybridized carbons (Fsp3) is 0.435. The Labute approximate surface area is 190 Å². The molecule has 0 unspecified atom stereocenters. The fourth-order valence-corrected chi connectivity index (χ4v) is 5.80. The van der Waals surface area contributed by atoms with Crippen LogP contribution in [0.1, 0.15) is 47.0 Å². The second-order valence-corrected chi connectivity index (χ2v) is 9.51. The van der Waals surface area contributed by atoms with Gasteiger partial charge in [-0.05, 0) is 69.8 Å². The van der Waals surface area contributed by atoms with Gasteiger partial charge in [0.15, 0.2) is 0 Å². The number of thiophene rings is 1. The van der Waals surface area contributed by atoms with Gasteiger partial charge >= 0.3 is 0 Å². The average molecular weight is 457 g/mol. The van der Waals surface area contributed by atoms with E-state index in [9.17, 15) is 19.5 Å². The maximum absolute atomic E-state index is 12.9. The molecule has 1 atom stereocenters. The highest BCUT2D eigenvalue weighted by molar-refractivity contribution is 7.17. The summed E-state index contributed by atoms with van der Waals surface area (Å²) in [6.45, 7) is 3.05. The highest BCUT2D eigenvalue weighted by Crippen LogP contribution is 2.39. The number of nitrogens with two attached hydrogens (primary N) is 1. The maximum Gasteiger partial charge on any atom is 0.251 e. The molecule has 8 nitrogen and oxygen atoms in total. The van der Waals surface area contributed by atoms with Gasteiger partial charge in [0.25, 0.3) is 5.91 Å². The number of likely N-dealkylation sites (tertiary alicyclic amines) is 1. The van der Waals surface area contributed by atoms with Crippen LogP contribution in [-0.4, -0.2) is 46.9 Å². The van der Waals surface area contributed by atoms with Gasteiger partial charge in [0.1, 0.15) is 10.8 Å². The first-order valence-electron chi connectivity index (χ1n) is 10.9. The Morgan fingerprint density at radius 1 is 1.16 bits per heavy atom. The molecular formula is C23H28N4O4S. The first-order chi connectivity index (χ1) is 15.3. The molecule has 4 rings (SSSR count). The summed E-state index contributed by atoms with van der Waals surface area (Å²) in [4.78, 5) is 40.6. The zero-order chi connectivity index (χ0) is 22.8. The minimum absolute atomic E-state index is 0.0402. The molecule has 2 heterocycles. The van der Waals surface area contributed by atoms with Gasteiger partial charge in [-0.1, -0.05) is 12.1 Å². The number of phenols is 1. The molecule has 1 aromatic carbocycles. The van der Waals surface area contributed by atoms with Crippen molar-refractivity contribution in [3.8, 4) is 5.75 Å². The number of primary amides is 1. The predicted octanol–water partition coefficient (Wildman–Crippen LogP) is 2.72. The van der Waals surface area contributed by atoms with E-state index < -0.39 is 11.9 Å². The number of aromatic hydroxyl groups is 1. The van der Waals surface area contributed by atoms with Crippen molar-refractivity contribution in [2.75, 3.05) is 23.7 Å². The van der Waals surface area contributed by atoms with E-state index >= 15 is 0 Å². The van der Waals surface area contributed by atoms with E-state index in [1.54, 1.807) is 18.2 Å². The second kappa shape index (κ2) is 9.30. The molecule has 1 fully saturated rings. The molecule has 3 amide bonds. The molecular weight excluding hydrogens is 428 g/mol. The molecule has 0 radical (unpaired) electrons. The van der Waals surface area contributed by atoms with Crippen LogP contribution in [0.5, 0.6) is 5.75 Å². The average Bonchev–Trinajstić information content (AvgIpc) is 3.35. The topological polar surface area (TPSA) is 125 Å². The number of nitrogens with zero attached hydrogens (tertiary/aromatic N) is 1. The maximum atomic E-state index is 12.9. The third kappa shape index (κ3) is 4.49. The first-order valence-corrected chi connectivity index (χ1v) is 11.7. The number of carbonyl (C=O) groups excluding carboxylic acids is 3. The lowest BCUT2D eigenvalue weighted by molar-refractivity contribution is -0.123. The minimum Gasteiger partial charge on any atom is -0.506 e. The van der Waals surface area contributed by atoms with Crippen LogP contribution < -0.4 is 16.4 Å². The third-order valence-corrected chi connectivity index (χ3v) is 7.60. The van der Waals surface area contributed by atoms with E-state index in [1.165, 1.54) is 17.4 Å². The summed E-state index contributed by atoms with van der Waals surface area (Å²) in [7, 11) is 0. The number of carbonyl (C=O) groups is 3. The van der Waals surface area contributed by atoms with Crippen molar-refractivity contribution in [2.24, 2.45) is 11.7 Å². The summed E-state index contributed by atoms with van der Waals surface area (Å²) in [6, 6.07) is 6.26. The minimum atomic E-state index is -0.497. The van der Waals surface area contributed by atoms with Crippen LogP contribution in [-0.2, 0) is 22.4 Å². The lowest BCUT2D eigenvalue weighted by Crippen LogP contribution is -2.47. The zero-order valence-corrected chi connectivity index (χ0v) is 18.8. The number of piperidine rings is 1. The Balaban J connectivity index is 1.33. The SMILES string of the molecule is C[C@H](C(=O)Nc1sc2c(c1C(N)=O)CCC2)N1CCC(C(=O)Nc2ccccc2O)CC1. The van der Waals surface area contributed by atoms with Crippen molar-refractivity contribution in [3.05, 3.63) is 40.3 Å². The highest BCUT2D eigenvalue weighted by Gasteiger charge is 2.32. The molecule has 2 aromatic rings. The molecule has 1 aliphatic heterocycles. The molecule has 0 spiro atoms. The van der Waals surface area contributed by atoms with Crippen molar-refractivity contribution in [3.63, 3.8) is 0 Å². The summed E-state index contributed by atoms with van der Waals surface area (Å²) < 4.78 is 0. The van der Waals surface area contributed by atoms with Crippen LogP contribution in [0.3, 0.4) is 0 Å². The van der Waals surface area contributed by atoms with Crippen LogP contribution in [0.4, 0.5) is 10.7 Å². The van der Waals surface area contributed by atoms with E-state index in [1.807, 2.05) is 11.8 Å². The van der Waals surface area contributed by atoms with Crippen LogP contribution in [0.25, 0.3) is 0 Å². The largest absolute Gasteiger partial charge is 0.506 e. The van der Waals surface area contributed by atoms with Gasteiger partial charge in [0, 0.05) is 10.8 Å². The lowest BCUT2D eigenvalue weighted by Gasteiger charge is -2.34. The van der Waals surface area contributed by atoms with Crippen molar-refractivity contribution >= 4 is 39.7 Å². The fourth-order valence-electron chi connectivity index (χ4n) is 4.50. The summed E-state index contributed by atoms with van der Waals surface area (Å²) >= 11 is 1.45. The second-order valence-electron chi connectivity index (χ2n) is 8.41. The molecule has 0 bridgehead atoms. The Kier molecular flexibility index (Phi) is 6.48. The summed E-state index contributed by atoms with van der Waals surface area (Å²) in [6.07, 6.45) is 4.00. The number of phenolic OH excluding ortho intramolecular Hbond substituents is 1. The molecule has 1 aliphatic carbocycles. The van der Waals surface area contributed by atoms with E-state index in [4.69, 9.17) is 5.73 Å². The van der Waals surface area contributed by atoms with Crippen molar-refractivity contribution in [1.82, 2.24) is 4.90 Å². The van der Waals surface area contributed by atoms with E-state index in [-0.39, 0.29) is 23.5 Å². The standard InChI is InChI=1S/C23H28N4O4S/c1-13(21(30)26-23-19(20(24)29)15-5-4-8-18(15)32-23)27-11-9-14(10-12-27)22(31)25-16-6-2-3-7-17(16)28/h2-3,6-7,13-14,28H,4-5,8-12H2,1H3,(H2,24,29)(H,25,31)(H,26,30)/t13-/m1/s1. The van der Waals surface area contributed by atoms with Crippen LogP contribution in [0.15, 0.2) is 24.3 Å². The number of fused-ring (bicyclic) bond motifs is 1. The molecule has 32 heavy (non-hydrogen) atoms. The van der Waals surface area contributed by atoms with Crippen LogP contribution in [0.2, 0.25) is 0 Å². The molecule has 5 N–H and O–H groups in total. The molecule has 9 heteroatoms. The number of benzene rings is 1. The number of anilines is 2. The predicted molar refractivity (Wildman–Crippen MR) is 124 cm³/mol. The van der Waals surface area contributed by atoms with Crippen molar-refractivity contribution < 1.29 is 19.5 Å². The van der Waals surface area contributed by atoms with E-state index in [0.29, 0.717) is 42.2 Å². The van der Waals surface area contributed by atoms with Gasteiger partial charge in [-0.3, -0.25) is 19.3 Å². The highest BCUT2D eigenvalue weighted by atomic mass is 32.1. The summed E-state index contributed by atoms with van der Waals surface area (Å²) in [5.41, 5.74) is 7.44. The van der Waals surface area contributed by atoms with Gasteiger partial charge < -0.3 is 21.5 Å². The number of aryl methyl sites for hydroxylation is 1. The molecule has 170 valence electrons. The lowest BCUT2D eigenvalue weighted by atomic mass is 9.94.